The molecule has 0 saturated carbocycles. The molecular formula is C13H10F2O. The quantitative estimate of drug-likeness (QED) is 0.777. The molecule has 0 amide bonds. The minimum atomic E-state index is -0.683. The zero-order valence-corrected chi connectivity index (χ0v) is 8.67. The molecule has 3 heteroatoms. The Labute approximate surface area is 92.0 Å². The first-order valence-electron chi connectivity index (χ1n) is 4.83. The normalized spacial score (nSPS) is 10.4. The van der Waals surface area contributed by atoms with Gasteiger partial charge >= 0.3 is 0 Å². The average molecular weight is 220 g/mol. The van der Waals surface area contributed by atoms with E-state index in [1.165, 1.54) is 24.3 Å². The number of halogens is 2. The Morgan fingerprint density at radius 2 is 1.75 bits per heavy atom. The second-order valence-electron chi connectivity index (χ2n) is 3.63. The van der Waals surface area contributed by atoms with Crippen molar-refractivity contribution in [2.45, 2.75) is 6.92 Å². The van der Waals surface area contributed by atoms with Crippen LogP contribution in [-0.4, -0.2) is 5.11 Å². The lowest BCUT2D eigenvalue weighted by atomic mass is 10.0. The Kier molecular flexibility index (Phi) is 2.60. The van der Waals surface area contributed by atoms with E-state index >= 15 is 0 Å². The fraction of sp³-hybridized carbons (Fsp3) is 0.0769. The number of hydrogen-bond acceptors (Lipinski definition) is 1. The van der Waals surface area contributed by atoms with Gasteiger partial charge in [0.1, 0.15) is 5.82 Å². The summed E-state index contributed by atoms with van der Waals surface area (Å²) in [7, 11) is 0. The van der Waals surface area contributed by atoms with Crippen LogP contribution in [-0.2, 0) is 0 Å². The number of hydrogen-bond donors (Lipinski definition) is 1. The molecule has 0 atom stereocenters. The molecule has 2 rings (SSSR count). The SMILES string of the molecule is Cc1ccc(F)cc1-c1ccc(F)c(O)c1. The van der Waals surface area contributed by atoms with Gasteiger partial charge < -0.3 is 5.11 Å². The van der Waals surface area contributed by atoms with E-state index in [2.05, 4.69) is 0 Å². The van der Waals surface area contributed by atoms with E-state index in [0.29, 0.717) is 11.1 Å². The number of phenolic OH excluding ortho intramolecular Hbond substituents is 1. The van der Waals surface area contributed by atoms with Crippen LogP contribution in [0.1, 0.15) is 5.56 Å². The van der Waals surface area contributed by atoms with Crippen LogP contribution >= 0.6 is 0 Å². The van der Waals surface area contributed by atoms with Gasteiger partial charge in [-0.1, -0.05) is 12.1 Å². The van der Waals surface area contributed by atoms with Crippen molar-refractivity contribution in [1.29, 1.82) is 0 Å². The van der Waals surface area contributed by atoms with E-state index < -0.39 is 11.6 Å². The highest BCUT2D eigenvalue weighted by Gasteiger charge is 2.06. The van der Waals surface area contributed by atoms with Gasteiger partial charge in [-0.15, -0.1) is 0 Å². The van der Waals surface area contributed by atoms with Crippen molar-refractivity contribution < 1.29 is 13.9 Å². The van der Waals surface area contributed by atoms with Gasteiger partial charge in [0.15, 0.2) is 11.6 Å². The molecule has 1 nitrogen and oxygen atoms in total. The first kappa shape index (κ1) is 10.6. The van der Waals surface area contributed by atoms with Crippen LogP contribution in [0.2, 0.25) is 0 Å². The summed E-state index contributed by atoms with van der Waals surface area (Å²) in [6.07, 6.45) is 0. The first-order chi connectivity index (χ1) is 7.58. The topological polar surface area (TPSA) is 20.2 Å². The highest BCUT2D eigenvalue weighted by Crippen LogP contribution is 2.28. The van der Waals surface area contributed by atoms with Gasteiger partial charge in [0.25, 0.3) is 0 Å². The molecule has 0 unspecified atom stereocenters. The Bertz CT molecular complexity index is 535. The van der Waals surface area contributed by atoms with Crippen LogP contribution in [0.15, 0.2) is 36.4 Å². The number of benzene rings is 2. The third kappa shape index (κ3) is 1.89. The molecule has 0 aliphatic heterocycles. The summed E-state index contributed by atoms with van der Waals surface area (Å²) in [5.74, 6) is -1.47. The zero-order valence-electron chi connectivity index (χ0n) is 8.67. The molecule has 0 bridgehead atoms. The molecular weight excluding hydrogens is 210 g/mol. The largest absolute Gasteiger partial charge is 0.505 e. The first-order valence-corrected chi connectivity index (χ1v) is 4.83. The maximum Gasteiger partial charge on any atom is 0.164 e. The summed E-state index contributed by atoms with van der Waals surface area (Å²) < 4.78 is 25.9. The van der Waals surface area contributed by atoms with Crippen LogP contribution in [0.5, 0.6) is 5.75 Å². The highest BCUT2D eigenvalue weighted by molar-refractivity contribution is 5.68. The van der Waals surface area contributed by atoms with E-state index in [4.69, 9.17) is 0 Å². The lowest BCUT2D eigenvalue weighted by Crippen LogP contribution is -1.86. The highest BCUT2D eigenvalue weighted by atomic mass is 19.1. The molecule has 2 aromatic carbocycles. The van der Waals surface area contributed by atoms with Crippen molar-refractivity contribution in [3.05, 3.63) is 53.6 Å². The third-order valence-corrected chi connectivity index (χ3v) is 2.46. The van der Waals surface area contributed by atoms with E-state index in [9.17, 15) is 13.9 Å². The fourth-order valence-corrected chi connectivity index (χ4v) is 1.59. The predicted molar refractivity (Wildman–Crippen MR) is 58.2 cm³/mol. The maximum atomic E-state index is 13.1. The summed E-state index contributed by atoms with van der Waals surface area (Å²) in [6.45, 7) is 1.83. The van der Waals surface area contributed by atoms with Crippen LogP contribution in [0.25, 0.3) is 11.1 Å². The second kappa shape index (κ2) is 3.93. The Morgan fingerprint density at radius 3 is 2.44 bits per heavy atom. The number of aromatic hydroxyl groups is 1. The van der Waals surface area contributed by atoms with E-state index in [1.807, 2.05) is 6.92 Å². The fourth-order valence-electron chi connectivity index (χ4n) is 1.59. The summed E-state index contributed by atoms with van der Waals surface area (Å²) in [6, 6.07) is 8.33. The van der Waals surface area contributed by atoms with Crippen LogP contribution in [0.3, 0.4) is 0 Å². The van der Waals surface area contributed by atoms with Gasteiger partial charge in [0.2, 0.25) is 0 Å². The molecule has 1 N–H and O–H groups in total. The molecule has 2 aromatic rings. The van der Waals surface area contributed by atoms with Crippen LogP contribution in [0.4, 0.5) is 8.78 Å². The van der Waals surface area contributed by atoms with Crippen molar-refractivity contribution >= 4 is 0 Å². The lowest BCUT2D eigenvalue weighted by molar-refractivity contribution is 0.433. The molecule has 0 radical (unpaired) electrons. The molecule has 0 saturated heterocycles. The minimum absolute atomic E-state index is 0.357. The van der Waals surface area contributed by atoms with E-state index in [-0.39, 0.29) is 5.82 Å². The van der Waals surface area contributed by atoms with Gasteiger partial charge in [-0.3, -0.25) is 0 Å². The smallest absolute Gasteiger partial charge is 0.164 e. The molecule has 0 aliphatic carbocycles. The van der Waals surface area contributed by atoms with Gasteiger partial charge in [0, 0.05) is 0 Å². The second-order valence-corrected chi connectivity index (χ2v) is 3.63. The Morgan fingerprint density at radius 1 is 1.00 bits per heavy atom. The molecule has 0 aromatic heterocycles. The predicted octanol–water partition coefficient (Wildman–Crippen LogP) is 3.65. The Hall–Kier alpha value is -1.90. The van der Waals surface area contributed by atoms with Crippen molar-refractivity contribution in [3.63, 3.8) is 0 Å². The molecule has 0 fully saturated rings. The summed E-state index contributed by atoms with van der Waals surface area (Å²) in [5.41, 5.74) is 2.11. The number of aryl methyl sites for hydroxylation is 1. The average Bonchev–Trinajstić information content (AvgIpc) is 2.26. The van der Waals surface area contributed by atoms with E-state index in [0.717, 1.165) is 11.6 Å². The molecule has 82 valence electrons. The van der Waals surface area contributed by atoms with Crippen LogP contribution < -0.4 is 0 Å². The molecule has 0 spiro atoms. The van der Waals surface area contributed by atoms with Crippen molar-refractivity contribution in [2.75, 3.05) is 0 Å². The summed E-state index contributed by atoms with van der Waals surface area (Å²) >= 11 is 0. The Balaban J connectivity index is 2.58. The maximum absolute atomic E-state index is 13.1. The molecule has 16 heavy (non-hydrogen) atoms. The number of rotatable bonds is 1. The van der Waals surface area contributed by atoms with Gasteiger partial charge in [0.05, 0.1) is 0 Å². The third-order valence-electron chi connectivity index (χ3n) is 2.46. The van der Waals surface area contributed by atoms with Gasteiger partial charge in [-0.2, -0.15) is 0 Å². The van der Waals surface area contributed by atoms with Crippen molar-refractivity contribution in [3.8, 4) is 16.9 Å². The molecule has 0 aliphatic rings. The van der Waals surface area contributed by atoms with Crippen molar-refractivity contribution in [1.82, 2.24) is 0 Å². The van der Waals surface area contributed by atoms with Gasteiger partial charge in [-0.25, -0.2) is 8.78 Å². The monoisotopic (exact) mass is 220 g/mol. The van der Waals surface area contributed by atoms with E-state index in [1.54, 1.807) is 6.07 Å². The standard InChI is InChI=1S/C13H10F2O/c1-8-2-4-10(14)7-11(8)9-3-5-12(15)13(16)6-9/h2-7,16H,1H3. The lowest BCUT2D eigenvalue weighted by Gasteiger charge is -2.07. The minimum Gasteiger partial charge on any atom is -0.505 e. The number of phenols is 1. The van der Waals surface area contributed by atoms with Crippen molar-refractivity contribution in [2.24, 2.45) is 0 Å². The van der Waals surface area contributed by atoms with Gasteiger partial charge in [-0.05, 0) is 47.9 Å². The summed E-state index contributed by atoms with van der Waals surface area (Å²) in [4.78, 5) is 0. The van der Waals surface area contributed by atoms with Crippen LogP contribution in [0, 0.1) is 18.6 Å². The molecule has 0 heterocycles. The zero-order chi connectivity index (χ0) is 11.7. The summed E-state index contributed by atoms with van der Waals surface area (Å²) in [5, 5.41) is 9.25.